The Balaban J connectivity index is 2.01. The highest BCUT2D eigenvalue weighted by molar-refractivity contribution is 5.92. The minimum absolute atomic E-state index is 0.0797. The molecule has 5 heteroatoms. The molecule has 2 aromatic rings. The Kier molecular flexibility index (Phi) is 5.80. The largest absolute Gasteiger partial charge is 0.493 e. The molecule has 0 spiro atoms. The van der Waals surface area contributed by atoms with Gasteiger partial charge >= 0.3 is 0 Å². The predicted molar refractivity (Wildman–Crippen MR) is 86.3 cm³/mol. The fourth-order valence-electron chi connectivity index (χ4n) is 2.02. The van der Waals surface area contributed by atoms with Gasteiger partial charge in [-0.1, -0.05) is 24.3 Å². The van der Waals surface area contributed by atoms with E-state index in [1.807, 2.05) is 36.4 Å². The van der Waals surface area contributed by atoms with Crippen LogP contribution in [0.4, 0.5) is 5.69 Å². The number of ether oxygens (including phenoxy) is 2. The molecular weight excluding hydrogens is 280 g/mol. The van der Waals surface area contributed by atoms with E-state index in [1.165, 1.54) is 0 Å². The van der Waals surface area contributed by atoms with Gasteiger partial charge in [-0.25, -0.2) is 0 Å². The quantitative estimate of drug-likeness (QED) is 0.822. The van der Waals surface area contributed by atoms with Crippen LogP contribution in [0.3, 0.4) is 0 Å². The average Bonchev–Trinajstić information content (AvgIpc) is 2.54. The zero-order valence-corrected chi connectivity index (χ0v) is 12.5. The summed E-state index contributed by atoms with van der Waals surface area (Å²) in [4.78, 5) is 12.0. The van der Waals surface area contributed by atoms with Gasteiger partial charge in [0.15, 0.2) is 11.5 Å². The molecule has 0 atom stereocenters. The Morgan fingerprint density at radius 1 is 1.14 bits per heavy atom. The number of nitrogens with one attached hydrogen (secondary N) is 1. The van der Waals surface area contributed by atoms with Crippen molar-refractivity contribution in [1.29, 1.82) is 0 Å². The zero-order chi connectivity index (χ0) is 15.8. The molecule has 2 rings (SSSR count). The van der Waals surface area contributed by atoms with Crippen LogP contribution in [-0.2, 0) is 11.2 Å². The minimum Gasteiger partial charge on any atom is -0.493 e. The van der Waals surface area contributed by atoms with E-state index in [1.54, 1.807) is 19.2 Å². The normalized spacial score (nSPS) is 10.1. The predicted octanol–water partition coefficient (Wildman–Crippen LogP) is 2.21. The Labute approximate surface area is 130 Å². The number of methoxy groups -OCH3 is 1. The highest BCUT2D eigenvalue weighted by Gasteiger charge is 2.09. The summed E-state index contributed by atoms with van der Waals surface area (Å²) in [7, 11) is 1.57. The second-order valence-corrected chi connectivity index (χ2v) is 4.71. The molecule has 0 fully saturated rings. The van der Waals surface area contributed by atoms with Crippen molar-refractivity contribution in [2.24, 2.45) is 5.73 Å². The number of anilines is 1. The molecule has 0 bridgehead atoms. The van der Waals surface area contributed by atoms with Gasteiger partial charge < -0.3 is 20.5 Å². The summed E-state index contributed by atoms with van der Waals surface area (Å²) in [5.41, 5.74) is 7.05. The molecule has 0 saturated heterocycles. The standard InChI is InChI=1S/C17H20N2O3/c1-21-16-11-13(7-8-15(16)22-10-9-18)12-17(20)19-14-5-3-2-4-6-14/h2-8,11H,9-10,12,18H2,1H3,(H,19,20). The van der Waals surface area contributed by atoms with Gasteiger partial charge in [-0.2, -0.15) is 0 Å². The van der Waals surface area contributed by atoms with Gasteiger partial charge in [-0.05, 0) is 29.8 Å². The van der Waals surface area contributed by atoms with Gasteiger partial charge in [0.2, 0.25) is 5.91 Å². The molecule has 0 aromatic heterocycles. The van der Waals surface area contributed by atoms with Crippen molar-refractivity contribution in [3.8, 4) is 11.5 Å². The van der Waals surface area contributed by atoms with E-state index in [4.69, 9.17) is 15.2 Å². The van der Waals surface area contributed by atoms with Gasteiger partial charge in [0.05, 0.1) is 13.5 Å². The third kappa shape index (κ3) is 4.49. The van der Waals surface area contributed by atoms with Crippen molar-refractivity contribution in [1.82, 2.24) is 0 Å². The van der Waals surface area contributed by atoms with Crippen molar-refractivity contribution in [2.75, 3.05) is 25.6 Å². The smallest absolute Gasteiger partial charge is 0.228 e. The Bertz CT molecular complexity index is 615. The van der Waals surface area contributed by atoms with Gasteiger partial charge in [0.25, 0.3) is 0 Å². The van der Waals surface area contributed by atoms with E-state index < -0.39 is 0 Å². The number of hydrogen-bond donors (Lipinski definition) is 2. The molecule has 0 aliphatic carbocycles. The SMILES string of the molecule is COc1cc(CC(=O)Nc2ccccc2)ccc1OCCN. The van der Waals surface area contributed by atoms with Gasteiger partial charge in [-0.3, -0.25) is 4.79 Å². The Morgan fingerprint density at radius 2 is 1.91 bits per heavy atom. The van der Waals surface area contributed by atoms with Crippen LogP contribution in [-0.4, -0.2) is 26.2 Å². The molecule has 0 heterocycles. The van der Waals surface area contributed by atoms with Crippen molar-refractivity contribution >= 4 is 11.6 Å². The van der Waals surface area contributed by atoms with E-state index in [0.29, 0.717) is 24.7 Å². The van der Waals surface area contributed by atoms with Gasteiger partial charge in [-0.15, -0.1) is 0 Å². The second kappa shape index (κ2) is 8.05. The fourth-order valence-corrected chi connectivity index (χ4v) is 2.02. The molecule has 116 valence electrons. The first-order valence-electron chi connectivity index (χ1n) is 7.07. The highest BCUT2D eigenvalue weighted by Crippen LogP contribution is 2.28. The lowest BCUT2D eigenvalue weighted by molar-refractivity contribution is -0.115. The van der Waals surface area contributed by atoms with E-state index in [0.717, 1.165) is 11.3 Å². The molecule has 2 aromatic carbocycles. The van der Waals surface area contributed by atoms with E-state index in [9.17, 15) is 4.79 Å². The van der Waals surface area contributed by atoms with Crippen molar-refractivity contribution in [3.05, 3.63) is 54.1 Å². The minimum atomic E-state index is -0.0797. The summed E-state index contributed by atoms with van der Waals surface area (Å²) in [5.74, 6) is 1.14. The first kappa shape index (κ1) is 15.9. The number of para-hydroxylation sites is 1. The molecule has 0 aliphatic heterocycles. The summed E-state index contributed by atoms with van der Waals surface area (Å²) in [6.45, 7) is 0.856. The molecule has 0 unspecified atom stereocenters. The summed E-state index contributed by atoms with van der Waals surface area (Å²) in [5, 5.41) is 2.85. The number of amides is 1. The van der Waals surface area contributed by atoms with Gasteiger partial charge in [0, 0.05) is 12.2 Å². The molecule has 1 amide bonds. The van der Waals surface area contributed by atoms with Crippen LogP contribution < -0.4 is 20.5 Å². The third-order valence-electron chi connectivity index (χ3n) is 3.03. The number of carbonyl (C=O) groups excluding carboxylic acids is 1. The van der Waals surface area contributed by atoms with Crippen molar-refractivity contribution in [2.45, 2.75) is 6.42 Å². The van der Waals surface area contributed by atoms with E-state index >= 15 is 0 Å². The lowest BCUT2D eigenvalue weighted by atomic mass is 10.1. The van der Waals surface area contributed by atoms with E-state index in [2.05, 4.69) is 5.32 Å². The van der Waals surface area contributed by atoms with E-state index in [-0.39, 0.29) is 12.3 Å². The summed E-state index contributed by atoms with van der Waals surface area (Å²) in [6, 6.07) is 14.8. The van der Waals surface area contributed by atoms with Crippen LogP contribution in [0.1, 0.15) is 5.56 Å². The third-order valence-corrected chi connectivity index (χ3v) is 3.03. The number of carbonyl (C=O) groups is 1. The molecule has 0 radical (unpaired) electrons. The fraction of sp³-hybridized carbons (Fsp3) is 0.235. The lowest BCUT2D eigenvalue weighted by Gasteiger charge is -2.11. The number of nitrogens with two attached hydrogens (primary N) is 1. The maximum atomic E-state index is 12.0. The molecule has 0 saturated carbocycles. The molecular formula is C17H20N2O3. The number of benzene rings is 2. The Hall–Kier alpha value is -2.53. The highest BCUT2D eigenvalue weighted by atomic mass is 16.5. The maximum absolute atomic E-state index is 12.0. The van der Waals surface area contributed by atoms with Crippen molar-refractivity contribution < 1.29 is 14.3 Å². The zero-order valence-electron chi connectivity index (χ0n) is 12.5. The van der Waals surface area contributed by atoms with Crippen LogP contribution in [0.15, 0.2) is 48.5 Å². The molecule has 3 N–H and O–H groups in total. The van der Waals surface area contributed by atoms with Crippen LogP contribution in [0.25, 0.3) is 0 Å². The summed E-state index contributed by atoms with van der Waals surface area (Å²) in [6.07, 6.45) is 0.266. The van der Waals surface area contributed by atoms with Crippen molar-refractivity contribution in [3.63, 3.8) is 0 Å². The number of hydrogen-bond acceptors (Lipinski definition) is 4. The first-order chi connectivity index (χ1) is 10.7. The van der Waals surface area contributed by atoms with Crippen LogP contribution in [0.2, 0.25) is 0 Å². The average molecular weight is 300 g/mol. The summed E-state index contributed by atoms with van der Waals surface area (Å²) >= 11 is 0. The van der Waals surface area contributed by atoms with Gasteiger partial charge in [0.1, 0.15) is 6.61 Å². The first-order valence-corrected chi connectivity index (χ1v) is 7.07. The Morgan fingerprint density at radius 3 is 2.59 bits per heavy atom. The van der Waals surface area contributed by atoms with Crippen LogP contribution >= 0.6 is 0 Å². The lowest BCUT2D eigenvalue weighted by Crippen LogP contribution is -2.14. The molecule has 0 aliphatic rings. The molecule has 22 heavy (non-hydrogen) atoms. The molecule has 5 nitrogen and oxygen atoms in total. The van der Waals surface area contributed by atoms with Crippen LogP contribution in [0.5, 0.6) is 11.5 Å². The second-order valence-electron chi connectivity index (χ2n) is 4.71. The maximum Gasteiger partial charge on any atom is 0.228 e. The van der Waals surface area contributed by atoms with Crippen LogP contribution in [0, 0.1) is 0 Å². The number of rotatable bonds is 7. The monoisotopic (exact) mass is 300 g/mol. The summed E-state index contributed by atoms with van der Waals surface area (Å²) < 4.78 is 10.8. The topological polar surface area (TPSA) is 73.6 Å².